The van der Waals surface area contributed by atoms with Crippen LogP contribution in [0.4, 0.5) is 5.69 Å². The maximum Gasteiger partial charge on any atom is 0.269 e. The molecule has 0 unspecified atom stereocenters. The molecule has 5 nitrogen and oxygen atoms in total. The zero-order valence-electron chi connectivity index (χ0n) is 8.83. The second-order valence-corrected chi connectivity index (χ2v) is 3.39. The Hall–Kier alpha value is -2.17. The first-order valence-corrected chi connectivity index (χ1v) is 4.97. The predicted octanol–water partition coefficient (Wildman–Crippen LogP) is 2.48. The van der Waals surface area contributed by atoms with Crippen molar-refractivity contribution in [2.24, 2.45) is 0 Å². The molecule has 82 valence electrons. The highest BCUT2D eigenvalue weighted by Crippen LogP contribution is 2.20. The summed E-state index contributed by atoms with van der Waals surface area (Å²) in [6, 6.07) is 6.39. The third kappa shape index (κ3) is 1.93. The third-order valence-corrected chi connectivity index (χ3v) is 2.37. The van der Waals surface area contributed by atoms with Gasteiger partial charge in [0.25, 0.3) is 5.69 Å². The van der Waals surface area contributed by atoms with E-state index in [1.54, 1.807) is 18.5 Å². The van der Waals surface area contributed by atoms with Gasteiger partial charge in [-0.2, -0.15) is 0 Å². The van der Waals surface area contributed by atoms with Crippen molar-refractivity contribution in [2.45, 2.75) is 13.5 Å². The standard InChI is InChI=1S/C11H11N3O2/c1-2-13-7-11(12-8-13)9-3-5-10(6-4-9)14(15)16/h3-8H,2H2,1H3. The molecule has 0 aliphatic heterocycles. The number of nitrogens with zero attached hydrogens (tertiary/aromatic N) is 3. The fourth-order valence-corrected chi connectivity index (χ4v) is 1.44. The van der Waals surface area contributed by atoms with E-state index in [0.717, 1.165) is 17.8 Å². The molecule has 0 aliphatic carbocycles. The van der Waals surface area contributed by atoms with Crippen LogP contribution >= 0.6 is 0 Å². The molecule has 0 N–H and O–H groups in total. The molecule has 16 heavy (non-hydrogen) atoms. The van der Waals surface area contributed by atoms with Crippen LogP contribution in [-0.4, -0.2) is 14.5 Å². The van der Waals surface area contributed by atoms with Gasteiger partial charge in [0, 0.05) is 30.4 Å². The van der Waals surface area contributed by atoms with E-state index in [1.165, 1.54) is 12.1 Å². The van der Waals surface area contributed by atoms with Gasteiger partial charge in [-0.05, 0) is 19.1 Å². The van der Waals surface area contributed by atoms with Crippen LogP contribution in [0, 0.1) is 10.1 Å². The molecular weight excluding hydrogens is 206 g/mol. The molecule has 2 rings (SSSR count). The van der Waals surface area contributed by atoms with Gasteiger partial charge in [-0.1, -0.05) is 0 Å². The second kappa shape index (κ2) is 4.14. The average Bonchev–Trinajstić information content (AvgIpc) is 2.77. The molecule has 0 bridgehead atoms. The fraction of sp³-hybridized carbons (Fsp3) is 0.182. The van der Waals surface area contributed by atoms with E-state index in [1.807, 2.05) is 17.7 Å². The number of non-ortho nitro benzene ring substituents is 1. The Labute approximate surface area is 92.5 Å². The first kappa shape index (κ1) is 10.4. The largest absolute Gasteiger partial charge is 0.337 e. The van der Waals surface area contributed by atoms with Crippen molar-refractivity contribution >= 4 is 5.69 Å². The fourth-order valence-electron chi connectivity index (χ4n) is 1.44. The zero-order valence-corrected chi connectivity index (χ0v) is 8.83. The molecular formula is C11H11N3O2. The average molecular weight is 217 g/mol. The van der Waals surface area contributed by atoms with Crippen LogP contribution in [0.3, 0.4) is 0 Å². The van der Waals surface area contributed by atoms with E-state index in [-0.39, 0.29) is 5.69 Å². The van der Waals surface area contributed by atoms with Crippen LogP contribution in [-0.2, 0) is 6.54 Å². The minimum atomic E-state index is -0.408. The van der Waals surface area contributed by atoms with Gasteiger partial charge in [-0.3, -0.25) is 10.1 Å². The van der Waals surface area contributed by atoms with Gasteiger partial charge in [0.05, 0.1) is 16.9 Å². The molecule has 0 fully saturated rings. The molecule has 2 aromatic rings. The Morgan fingerprint density at radius 2 is 2.06 bits per heavy atom. The summed E-state index contributed by atoms with van der Waals surface area (Å²) in [5.41, 5.74) is 1.81. The summed E-state index contributed by atoms with van der Waals surface area (Å²) in [7, 11) is 0. The normalized spacial score (nSPS) is 10.3. The maximum atomic E-state index is 10.5. The molecule has 0 amide bonds. The Balaban J connectivity index is 2.30. The number of nitro benzene ring substituents is 1. The number of nitro groups is 1. The summed E-state index contributed by atoms with van der Waals surface area (Å²) in [6.07, 6.45) is 3.66. The number of rotatable bonds is 3. The Morgan fingerprint density at radius 3 is 2.56 bits per heavy atom. The summed E-state index contributed by atoms with van der Waals surface area (Å²) in [6.45, 7) is 2.89. The summed E-state index contributed by atoms with van der Waals surface area (Å²) < 4.78 is 1.96. The highest BCUT2D eigenvalue weighted by Gasteiger charge is 2.06. The Kier molecular flexibility index (Phi) is 2.68. The molecule has 0 atom stereocenters. The van der Waals surface area contributed by atoms with Crippen LogP contribution in [0.15, 0.2) is 36.8 Å². The van der Waals surface area contributed by atoms with Crippen molar-refractivity contribution in [1.29, 1.82) is 0 Å². The van der Waals surface area contributed by atoms with Gasteiger partial charge in [0.1, 0.15) is 0 Å². The van der Waals surface area contributed by atoms with Crippen LogP contribution < -0.4 is 0 Å². The molecule has 0 radical (unpaired) electrons. The van der Waals surface area contributed by atoms with Crippen molar-refractivity contribution in [3.05, 3.63) is 46.9 Å². The molecule has 5 heteroatoms. The van der Waals surface area contributed by atoms with Crippen LogP contribution in [0.25, 0.3) is 11.3 Å². The van der Waals surface area contributed by atoms with Crippen molar-refractivity contribution in [3.8, 4) is 11.3 Å². The van der Waals surface area contributed by atoms with Gasteiger partial charge in [0.2, 0.25) is 0 Å². The lowest BCUT2D eigenvalue weighted by Crippen LogP contribution is -1.88. The second-order valence-electron chi connectivity index (χ2n) is 3.39. The lowest BCUT2D eigenvalue weighted by molar-refractivity contribution is -0.384. The Bertz CT molecular complexity index is 502. The molecule has 0 spiro atoms. The smallest absolute Gasteiger partial charge is 0.269 e. The van der Waals surface area contributed by atoms with Gasteiger partial charge in [-0.15, -0.1) is 0 Å². The zero-order chi connectivity index (χ0) is 11.5. The number of benzene rings is 1. The summed E-state index contributed by atoms with van der Waals surface area (Å²) in [5.74, 6) is 0. The van der Waals surface area contributed by atoms with E-state index in [9.17, 15) is 10.1 Å². The molecule has 0 saturated heterocycles. The highest BCUT2D eigenvalue weighted by atomic mass is 16.6. The minimum absolute atomic E-state index is 0.0960. The van der Waals surface area contributed by atoms with Crippen molar-refractivity contribution in [1.82, 2.24) is 9.55 Å². The maximum absolute atomic E-state index is 10.5. The van der Waals surface area contributed by atoms with Crippen LogP contribution in [0.1, 0.15) is 6.92 Å². The third-order valence-electron chi connectivity index (χ3n) is 2.37. The monoisotopic (exact) mass is 217 g/mol. The first-order chi connectivity index (χ1) is 7.70. The topological polar surface area (TPSA) is 61.0 Å². The van der Waals surface area contributed by atoms with E-state index >= 15 is 0 Å². The quantitative estimate of drug-likeness (QED) is 0.586. The predicted molar refractivity (Wildman–Crippen MR) is 60.0 cm³/mol. The van der Waals surface area contributed by atoms with Crippen LogP contribution in [0.5, 0.6) is 0 Å². The Morgan fingerprint density at radius 1 is 1.38 bits per heavy atom. The summed E-state index contributed by atoms with van der Waals surface area (Å²) in [4.78, 5) is 14.3. The van der Waals surface area contributed by atoms with Crippen molar-refractivity contribution in [3.63, 3.8) is 0 Å². The lowest BCUT2D eigenvalue weighted by Gasteiger charge is -1.96. The molecule has 0 saturated carbocycles. The van der Waals surface area contributed by atoms with Gasteiger partial charge in [0.15, 0.2) is 0 Å². The molecule has 0 aliphatic rings. The summed E-state index contributed by atoms with van der Waals surface area (Å²) >= 11 is 0. The SMILES string of the molecule is CCn1cnc(-c2ccc([N+](=O)[O-])cc2)c1. The van der Waals surface area contributed by atoms with Gasteiger partial charge >= 0.3 is 0 Å². The first-order valence-electron chi connectivity index (χ1n) is 4.97. The number of aryl methyl sites for hydroxylation is 1. The summed E-state index contributed by atoms with van der Waals surface area (Å²) in [5, 5.41) is 10.5. The van der Waals surface area contributed by atoms with E-state index in [4.69, 9.17) is 0 Å². The molecule has 1 aromatic heterocycles. The number of imidazole rings is 1. The van der Waals surface area contributed by atoms with Gasteiger partial charge in [-0.25, -0.2) is 4.98 Å². The number of hydrogen-bond donors (Lipinski definition) is 0. The number of aromatic nitrogens is 2. The van der Waals surface area contributed by atoms with Crippen molar-refractivity contribution in [2.75, 3.05) is 0 Å². The van der Waals surface area contributed by atoms with Crippen molar-refractivity contribution < 1.29 is 4.92 Å². The minimum Gasteiger partial charge on any atom is -0.337 e. The number of hydrogen-bond acceptors (Lipinski definition) is 3. The lowest BCUT2D eigenvalue weighted by atomic mass is 10.1. The van der Waals surface area contributed by atoms with Gasteiger partial charge < -0.3 is 4.57 Å². The van der Waals surface area contributed by atoms with E-state index in [2.05, 4.69) is 4.98 Å². The highest BCUT2D eigenvalue weighted by molar-refractivity contribution is 5.60. The molecule has 1 heterocycles. The van der Waals surface area contributed by atoms with E-state index in [0.29, 0.717) is 0 Å². The molecule has 1 aromatic carbocycles. The van der Waals surface area contributed by atoms with E-state index < -0.39 is 4.92 Å². The van der Waals surface area contributed by atoms with Crippen LogP contribution in [0.2, 0.25) is 0 Å².